The van der Waals surface area contributed by atoms with Crippen molar-refractivity contribution in [3.63, 3.8) is 0 Å². The Morgan fingerprint density at radius 2 is 1.96 bits per heavy atom. The molecule has 0 saturated carbocycles. The van der Waals surface area contributed by atoms with Gasteiger partial charge in [0, 0.05) is 24.7 Å². The lowest BCUT2D eigenvalue weighted by molar-refractivity contribution is 0.0597. The highest BCUT2D eigenvalue weighted by molar-refractivity contribution is 7.89. The molecule has 1 N–H and O–H groups in total. The normalized spacial score (nSPS) is 24.4. The number of hydrogen-bond acceptors (Lipinski definition) is 6. The van der Waals surface area contributed by atoms with Crippen molar-refractivity contribution < 1.29 is 22.7 Å². The molecule has 1 aromatic rings. The molecule has 0 aliphatic carbocycles. The van der Waals surface area contributed by atoms with Gasteiger partial charge >= 0.3 is 5.97 Å². The zero-order chi connectivity index (χ0) is 17.3. The number of nitrogens with one attached hydrogen (secondary N) is 1. The lowest BCUT2D eigenvalue weighted by Crippen LogP contribution is -2.42. The fourth-order valence-electron chi connectivity index (χ4n) is 3.56. The van der Waals surface area contributed by atoms with Gasteiger partial charge in [-0.3, -0.25) is 0 Å². The summed E-state index contributed by atoms with van der Waals surface area (Å²) in [5.41, 5.74) is 0.208. The monoisotopic (exact) mass is 354 g/mol. The molecule has 2 heterocycles. The average molecular weight is 354 g/mol. The Labute approximate surface area is 142 Å². The minimum Gasteiger partial charge on any atom is -0.496 e. The number of carbonyl (C=O) groups excluding carboxylic acids is 1. The summed E-state index contributed by atoms with van der Waals surface area (Å²) in [6.07, 6.45) is 2.57. The molecule has 2 fully saturated rings. The molecule has 8 heteroatoms. The second-order valence-electron chi connectivity index (χ2n) is 6.07. The molecule has 2 aliphatic rings. The van der Waals surface area contributed by atoms with Crippen LogP contribution in [0.4, 0.5) is 0 Å². The number of benzene rings is 1. The molecule has 2 bridgehead atoms. The van der Waals surface area contributed by atoms with E-state index in [1.165, 1.54) is 32.4 Å². The van der Waals surface area contributed by atoms with Crippen LogP contribution in [0.15, 0.2) is 23.1 Å². The number of esters is 1. The lowest BCUT2D eigenvalue weighted by Gasteiger charge is -2.27. The number of hydrogen-bond donors (Lipinski definition) is 1. The van der Waals surface area contributed by atoms with Gasteiger partial charge in [0.1, 0.15) is 11.3 Å². The molecule has 2 atom stereocenters. The summed E-state index contributed by atoms with van der Waals surface area (Å²) in [6.45, 7) is 1.50. The van der Waals surface area contributed by atoms with E-state index >= 15 is 0 Å². The smallest absolute Gasteiger partial charge is 0.341 e. The molecular weight excluding hydrogens is 332 g/mol. The largest absolute Gasteiger partial charge is 0.496 e. The molecule has 3 rings (SSSR count). The fraction of sp³-hybridized carbons (Fsp3) is 0.562. The number of rotatable bonds is 4. The maximum atomic E-state index is 13.1. The summed E-state index contributed by atoms with van der Waals surface area (Å²) in [4.78, 5) is 11.9. The average Bonchev–Trinajstić information content (AvgIpc) is 2.87. The molecule has 1 aromatic carbocycles. The van der Waals surface area contributed by atoms with E-state index < -0.39 is 16.0 Å². The third-order valence-electron chi connectivity index (χ3n) is 4.74. The van der Waals surface area contributed by atoms with Crippen molar-refractivity contribution in [3.8, 4) is 5.75 Å². The molecule has 2 saturated heterocycles. The predicted octanol–water partition coefficient (Wildman–Crippen LogP) is 0.997. The van der Waals surface area contributed by atoms with Crippen molar-refractivity contribution in [2.24, 2.45) is 0 Å². The van der Waals surface area contributed by atoms with Crippen LogP contribution in [0.1, 0.15) is 29.6 Å². The minimum atomic E-state index is -3.64. The molecule has 132 valence electrons. The van der Waals surface area contributed by atoms with Crippen molar-refractivity contribution in [2.75, 3.05) is 27.3 Å². The maximum absolute atomic E-state index is 13.1. The maximum Gasteiger partial charge on any atom is 0.341 e. The summed E-state index contributed by atoms with van der Waals surface area (Å²) in [6, 6.07) is 4.30. The minimum absolute atomic E-state index is 0.0196. The van der Waals surface area contributed by atoms with E-state index in [0.29, 0.717) is 6.54 Å². The standard InChI is InChI=1S/C16H22N2O5S/c1-22-15-9-13(5-6-14(15)16(19)23-2)24(20,21)18-11-3-4-12(18)10-17-8-7-11/h5-6,9,11-12,17H,3-4,7-8,10H2,1-2H3. The van der Waals surface area contributed by atoms with Crippen LogP contribution < -0.4 is 10.1 Å². The molecule has 0 amide bonds. The quantitative estimate of drug-likeness (QED) is 0.812. The number of carbonyl (C=O) groups is 1. The highest BCUT2D eigenvalue weighted by Crippen LogP contribution is 2.35. The van der Waals surface area contributed by atoms with Gasteiger partial charge in [0.15, 0.2) is 0 Å². The first-order valence-electron chi connectivity index (χ1n) is 7.99. The van der Waals surface area contributed by atoms with Gasteiger partial charge in [-0.15, -0.1) is 0 Å². The van der Waals surface area contributed by atoms with Gasteiger partial charge in [-0.25, -0.2) is 13.2 Å². The summed E-state index contributed by atoms with van der Waals surface area (Å²) in [5.74, 6) is -0.363. The van der Waals surface area contributed by atoms with Crippen LogP contribution in [0.3, 0.4) is 0 Å². The van der Waals surface area contributed by atoms with E-state index in [4.69, 9.17) is 9.47 Å². The van der Waals surface area contributed by atoms with Crippen LogP contribution in [0.2, 0.25) is 0 Å². The number of nitrogens with zero attached hydrogens (tertiary/aromatic N) is 1. The topological polar surface area (TPSA) is 84.9 Å². The highest BCUT2D eigenvalue weighted by atomic mass is 32.2. The van der Waals surface area contributed by atoms with Crippen LogP contribution in [-0.4, -0.2) is 58.1 Å². The van der Waals surface area contributed by atoms with Crippen molar-refractivity contribution in [1.29, 1.82) is 0 Å². The number of fused-ring (bicyclic) bond motifs is 2. The van der Waals surface area contributed by atoms with Crippen LogP contribution in [0.5, 0.6) is 5.75 Å². The summed E-state index contributed by atoms with van der Waals surface area (Å²) in [7, 11) is -0.969. The van der Waals surface area contributed by atoms with Crippen LogP contribution in [0, 0.1) is 0 Å². The molecule has 2 aliphatic heterocycles. The highest BCUT2D eigenvalue weighted by Gasteiger charge is 2.43. The van der Waals surface area contributed by atoms with Crippen molar-refractivity contribution in [2.45, 2.75) is 36.2 Å². The first-order chi connectivity index (χ1) is 11.5. The van der Waals surface area contributed by atoms with Crippen LogP contribution >= 0.6 is 0 Å². The van der Waals surface area contributed by atoms with Gasteiger partial charge in [0.2, 0.25) is 10.0 Å². The van der Waals surface area contributed by atoms with Gasteiger partial charge in [0.25, 0.3) is 0 Å². The third-order valence-corrected chi connectivity index (χ3v) is 6.74. The van der Waals surface area contributed by atoms with Gasteiger partial charge in [0.05, 0.1) is 19.1 Å². The van der Waals surface area contributed by atoms with Crippen LogP contribution in [-0.2, 0) is 14.8 Å². The summed E-state index contributed by atoms with van der Waals surface area (Å²) >= 11 is 0. The SMILES string of the molecule is COC(=O)c1ccc(S(=O)(=O)N2C3CCNCC2CC3)cc1OC. The Hall–Kier alpha value is -1.64. The van der Waals surface area contributed by atoms with Crippen molar-refractivity contribution in [3.05, 3.63) is 23.8 Å². The van der Waals surface area contributed by atoms with Gasteiger partial charge in [-0.05, 0) is 37.9 Å². The second-order valence-corrected chi connectivity index (χ2v) is 7.91. The third kappa shape index (κ3) is 2.89. The predicted molar refractivity (Wildman–Crippen MR) is 87.7 cm³/mol. The Kier molecular flexibility index (Phi) is 4.80. The Morgan fingerprint density at radius 3 is 2.67 bits per heavy atom. The first kappa shape index (κ1) is 17.2. The summed E-state index contributed by atoms with van der Waals surface area (Å²) < 4.78 is 37.8. The van der Waals surface area contributed by atoms with E-state index in [0.717, 1.165) is 25.8 Å². The number of sulfonamides is 1. The van der Waals surface area contributed by atoms with Gasteiger partial charge < -0.3 is 14.8 Å². The molecule has 0 aromatic heterocycles. The zero-order valence-corrected chi connectivity index (χ0v) is 14.6. The molecule has 0 radical (unpaired) electrons. The lowest BCUT2D eigenvalue weighted by atomic mass is 10.1. The molecule has 2 unspecified atom stereocenters. The molecule has 0 spiro atoms. The zero-order valence-electron chi connectivity index (χ0n) is 13.8. The Bertz CT molecular complexity index is 720. The van der Waals surface area contributed by atoms with Crippen molar-refractivity contribution >= 4 is 16.0 Å². The van der Waals surface area contributed by atoms with E-state index in [2.05, 4.69) is 5.32 Å². The fourth-order valence-corrected chi connectivity index (χ4v) is 5.48. The Morgan fingerprint density at radius 1 is 1.21 bits per heavy atom. The van der Waals surface area contributed by atoms with Crippen molar-refractivity contribution in [1.82, 2.24) is 9.62 Å². The van der Waals surface area contributed by atoms with E-state index in [1.54, 1.807) is 4.31 Å². The van der Waals surface area contributed by atoms with E-state index in [1.807, 2.05) is 0 Å². The molecular formula is C16H22N2O5S. The first-order valence-corrected chi connectivity index (χ1v) is 9.43. The van der Waals surface area contributed by atoms with Crippen LogP contribution in [0.25, 0.3) is 0 Å². The van der Waals surface area contributed by atoms with Gasteiger partial charge in [-0.1, -0.05) is 0 Å². The number of methoxy groups -OCH3 is 2. The molecule has 7 nitrogen and oxygen atoms in total. The molecule has 24 heavy (non-hydrogen) atoms. The van der Waals surface area contributed by atoms with E-state index in [-0.39, 0.29) is 28.3 Å². The Balaban J connectivity index is 1.99. The second kappa shape index (κ2) is 6.70. The summed E-state index contributed by atoms with van der Waals surface area (Å²) in [5, 5.41) is 3.29. The van der Waals surface area contributed by atoms with Gasteiger partial charge in [-0.2, -0.15) is 4.31 Å². The number of ether oxygens (including phenoxy) is 2. The van der Waals surface area contributed by atoms with E-state index in [9.17, 15) is 13.2 Å².